The number of allylic oxidation sites excluding steroid dienone is 2. The van der Waals surface area contributed by atoms with Crippen LogP contribution in [0.15, 0.2) is 36.0 Å². The Kier molecular flexibility index (Phi) is 5.09. The molecule has 5 rings (SSSR count). The quantitative estimate of drug-likeness (QED) is 0.734. The van der Waals surface area contributed by atoms with Gasteiger partial charge in [0, 0.05) is 17.8 Å². The first-order chi connectivity index (χ1) is 14.5. The summed E-state index contributed by atoms with van der Waals surface area (Å²) in [6.45, 7) is 2.75. The number of hydrogen-bond donors (Lipinski definition) is 2. The molecule has 0 saturated carbocycles. The number of halogens is 3. The minimum Gasteiger partial charge on any atom is -0.372 e. The van der Waals surface area contributed by atoms with Gasteiger partial charge >= 0.3 is 6.18 Å². The molecule has 0 bridgehead atoms. The summed E-state index contributed by atoms with van der Waals surface area (Å²) in [7, 11) is 0. The smallest absolute Gasteiger partial charge is 0.372 e. The molecule has 1 aromatic heterocycles. The molecule has 2 aliphatic heterocycles. The molecule has 4 nitrogen and oxygen atoms in total. The molecule has 1 fully saturated rings. The van der Waals surface area contributed by atoms with Gasteiger partial charge in [0.1, 0.15) is 5.82 Å². The van der Waals surface area contributed by atoms with Gasteiger partial charge in [0.2, 0.25) is 0 Å². The normalized spacial score (nSPS) is 22.0. The fourth-order valence-electron chi connectivity index (χ4n) is 5.14. The van der Waals surface area contributed by atoms with E-state index in [1.807, 2.05) is 30.3 Å². The highest BCUT2D eigenvalue weighted by Crippen LogP contribution is 2.47. The van der Waals surface area contributed by atoms with E-state index in [0.717, 1.165) is 67.7 Å². The van der Waals surface area contributed by atoms with Crippen molar-refractivity contribution in [3.05, 3.63) is 47.4 Å². The largest absolute Gasteiger partial charge is 0.414 e. The molecular formula is C23H27F3N4. The Bertz CT molecular complexity index is 939. The van der Waals surface area contributed by atoms with Crippen molar-refractivity contribution in [2.24, 2.45) is 5.92 Å². The van der Waals surface area contributed by atoms with Gasteiger partial charge in [-0.25, -0.2) is 4.98 Å². The Morgan fingerprint density at radius 1 is 1.07 bits per heavy atom. The number of hydrogen-bond acceptors (Lipinski definition) is 3. The maximum atomic E-state index is 14.0. The molecule has 3 aliphatic rings. The van der Waals surface area contributed by atoms with Crippen LogP contribution in [0.25, 0.3) is 17.0 Å². The highest BCUT2D eigenvalue weighted by Gasteiger charge is 2.48. The molecule has 0 amide bonds. The van der Waals surface area contributed by atoms with E-state index in [1.165, 1.54) is 0 Å². The molecule has 1 unspecified atom stereocenters. The lowest BCUT2D eigenvalue weighted by Crippen LogP contribution is -2.37. The van der Waals surface area contributed by atoms with Gasteiger partial charge in [0.15, 0.2) is 6.04 Å². The second-order valence-corrected chi connectivity index (χ2v) is 8.60. The second kappa shape index (κ2) is 7.76. The van der Waals surface area contributed by atoms with Crippen LogP contribution in [0, 0.1) is 5.92 Å². The summed E-state index contributed by atoms with van der Waals surface area (Å²) in [5, 5.41) is 6.17. The Morgan fingerprint density at radius 2 is 1.83 bits per heavy atom. The van der Waals surface area contributed by atoms with Crippen molar-refractivity contribution in [3.8, 4) is 11.4 Å². The number of imidazole rings is 1. The first-order valence-corrected chi connectivity index (χ1v) is 10.9. The molecule has 1 atom stereocenters. The van der Waals surface area contributed by atoms with E-state index in [2.05, 4.69) is 20.2 Å². The Morgan fingerprint density at radius 3 is 2.57 bits per heavy atom. The summed E-state index contributed by atoms with van der Waals surface area (Å²) in [5.41, 5.74) is 3.53. The summed E-state index contributed by atoms with van der Waals surface area (Å²) in [4.78, 5) is 4.63. The van der Waals surface area contributed by atoms with Crippen LogP contribution in [0.2, 0.25) is 0 Å². The van der Waals surface area contributed by atoms with E-state index in [0.29, 0.717) is 24.7 Å². The molecule has 2 N–H and O–H groups in total. The average Bonchev–Trinajstić information content (AvgIpc) is 3.36. The average molecular weight is 416 g/mol. The van der Waals surface area contributed by atoms with E-state index < -0.39 is 12.2 Å². The highest BCUT2D eigenvalue weighted by atomic mass is 19.4. The summed E-state index contributed by atoms with van der Waals surface area (Å²) in [6, 6.07) is 7.90. The van der Waals surface area contributed by atoms with Crippen LogP contribution in [0.1, 0.15) is 56.0 Å². The molecule has 1 aliphatic carbocycles. The van der Waals surface area contributed by atoms with Crippen molar-refractivity contribution < 1.29 is 13.2 Å². The Balaban J connectivity index is 1.61. The van der Waals surface area contributed by atoms with E-state index in [4.69, 9.17) is 0 Å². The third-order valence-corrected chi connectivity index (χ3v) is 6.67. The zero-order valence-corrected chi connectivity index (χ0v) is 16.9. The molecule has 7 heteroatoms. The van der Waals surface area contributed by atoms with Gasteiger partial charge in [0.25, 0.3) is 0 Å². The standard InChI is InChI=1S/C23H27F3N4/c24-23(25,26)21-19-20(17-7-4-8-18(17)28-21)30(14-11-15-9-12-27-13-10-15)22(29-19)16-5-2-1-3-6-16/h1-3,5-6,15,21,27-28H,4,7-14H2. The van der Waals surface area contributed by atoms with Crippen molar-refractivity contribution in [1.29, 1.82) is 0 Å². The lowest BCUT2D eigenvalue weighted by atomic mass is 9.94. The number of aromatic nitrogens is 2. The first-order valence-electron chi connectivity index (χ1n) is 10.9. The van der Waals surface area contributed by atoms with Crippen LogP contribution in [-0.4, -0.2) is 28.8 Å². The SMILES string of the molecule is FC(F)(F)C1NC2=C(CCC2)c2c1nc(-c1ccccc1)n2CCC1CCNCC1. The maximum Gasteiger partial charge on any atom is 0.414 e. The molecule has 1 saturated heterocycles. The number of nitrogens with zero attached hydrogens (tertiary/aromatic N) is 2. The van der Waals surface area contributed by atoms with Crippen molar-refractivity contribution in [2.45, 2.75) is 57.3 Å². The van der Waals surface area contributed by atoms with Crippen LogP contribution in [0.3, 0.4) is 0 Å². The molecule has 2 aromatic rings. The van der Waals surface area contributed by atoms with E-state index in [9.17, 15) is 13.2 Å². The zero-order chi connectivity index (χ0) is 20.7. The van der Waals surface area contributed by atoms with Crippen LogP contribution < -0.4 is 10.6 Å². The van der Waals surface area contributed by atoms with Crippen LogP contribution in [0.5, 0.6) is 0 Å². The molecule has 3 heterocycles. The number of piperidine rings is 1. The van der Waals surface area contributed by atoms with Crippen molar-refractivity contribution >= 4 is 5.57 Å². The van der Waals surface area contributed by atoms with Crippen molar-refractivity contribution in [3.63, 3.8) is 0 Å². The van der Waals surface area contributed by atoms with Gasteiger partial charge in [-0.3, -0.25) is 0 Å². The fourth-order valence-corrected chi connectivity index (χ4v) is 5.14. The van der Waals surface area contributed by atoms with Gasteiger partial charge in [0.05, 0.1) is 11.4 Å². The molecule has 160 valence electrons. The van der Waals surface area contributed by atoms with E-state index in [-0.39, 0.29) is 5.69 Å². The molecule has 0 spiro atoms. The molecule has 1 aromatic carbocycles. The number of alkyl halides is 3. The van der Waals surface area contributed by atoms with Crippen molar-refractivity contribution in [2.75, 3.05) is 13.1 Å². The van der Waals surface area contributed by atoms with Gasteiger partial charge in [-0.1, -0.05) is 30.3 Å². The number of nitrogens with one attached hydrogen (secondary N) is 2. The predicted octanol–water partition coefficient (Wildman–Crippen LogP) is 5.04. The predicted molar refractivity (Wildman–Crippen MR) is 111 cm³/mol. The monoisotopic (exact) mass is 416 g/mol. The molecular weight excluding hydrogens is 389 g/mol. The minimum absolute atomic E-state index is 0.146. The van der Waals surface area contributed by atoms with Crippen LogP contribution >= 0.6 is 0 Å². The van der Waals surface area contributed by atoms with Gasteiger partial charge in [-0.05, 0) is 63.1 Å². The summed E-state index contributed by atoms with van der Waals surface area (Å²) in [5.74, 6) is 1.26. The zero-order valence-electron chi connectivity index (χ0n) is 16.9. The summed E-state index contributed by atoms with van der Waals surface area (Å²) in [6.07, 6.45) is 1.22. The number of rotatable bonds is 4. The van der Waals surface area contributed by atoms with E-state index >= 15 is 0 Å². The molecule has 0 radical (unpaired) electrons. The van der Waals surface area contributed by atoms with Crippen molar-refractivity contribution in [1.82, 2.24) is 20.2 Å². The summed E-state index contributed by atoms with van der Waals surface area (Å²) < 4.78 is 44.0. The second-order valence-electron chi connectivity index (χ2n) is 8.60. The third-order valence-electron chi connectivity index (χ3n) is 6.67. The lowest BCUT2D eigenvalue weighted by molar-refractivity contribution is -0.157. The Hall–Kier alpha value is -2.28. The number of benzene rings is 1. The van der Waals surface area contributed by atoms with Gasteiger partial charge in [-0.2, -0.15) is 13.2 Å². The third kappa shape index (κ3) is 3.53. The summed E-state index contributed by atoms with van der Waals surface area (Å²) >= 11 is 0. The highest BCUT2D eigenvalue weighted by molar-refractivity contribution is 5.75. The fraction of sp³-hybridized carbons (Fsp3) is 0.522. The Labute approximate surface area is 174 Å². The first kappa shape index (κ1) is 19.7. The van der Waals surface area contributed by atoms with Crippen LogP contribution in [0.4, 0.5) is 13.2 Å². The maximum absolute atomic E-state index is 14.0. The molecule has 30 heavy (non-hydrogen) atoms. The van der Waals surface area contributed by atoms with E-state index in [1.54, 1.807) is 0 Å². The number of fused-ring (bicyclic) bond motifs is 2. The van der Waals surface area contributed by atoms with Gasteiger partial charge < -0.3 is 15.2 Å². The van der Waals surface area contributed by atoms with Crippen LogP contribution in [-0.2, 0) is 6.54 Å². The minimum atomic E-state index is -4.38. The van der Waals surface area contributed by atoms with Gasteiger partial charge in [-0.15, -0.1) is 0 Å². The lowest BCUT2D eigenvalue weighted by Gasteiger charge is -2.29. The topological polar surface area (TPSA) is 41.9 Å².